The molecule has 0 radical (unpaired) electrons. The molecule has 1 amide bonds. The van der Waals surface area contributed by atoms with Gasteiger partial charge in [0.25, 0.3) is 5.91 Å². The van der Waals surface area contributed by atoms with Crippen molar-refractivity contribution in [2.75, 3.05) is 0 Å². The molecule has 0 atom stereocenters. The molecule has 25 heavy (non-hydrogen) atoms. The van der Waals surface area contributed by atoms with E-state index in [2.05, 4.69) is 15.5 Å². The molecule has 126 valence electrons. The van der Waals surface area contributed by atoms with Crippen LogP contribution in [0, 0.1) is 11.6 Å². The number of halogens is 2. The van der Waals surface area contributed by atoms with Gasteiger partial charge in [0.1, 0.15) is 11.6 Å². The minimum atomic E-state index is -0.588. The van der Waals surface area contributed by atoms with E-state index in [9.17, 15) is 13.6 Å². The number of hydrogen-bond donors (Lipinski definition) is 2. The van der Waals surface area contributed by atoms with E-state index in [4.69, 9.17) is 0 Å². The molecule has 4 nitrogen and oxygen atoms in total. The van der Waals surface area contributed by atoms with E-state index in [0.29, 0.717) is 22.2 Å². The van der Waals surface area contributed by atoms with Crippen LogP contribution >= 0.6 is 0 Å². The predicted octanol–water partition coefficient (Wildman–Crippen LogP) is 3.90. The molecular weight excluding hydrogens is 324 g/mol. The summed E-state index contributed by atoms with van der Waals surface area (Å²) in [6.07, 6.45) is 5.28. The van der Waals surface area contributed by atoms with Crippen molar-refractivity contribution in [2.45, 2.75) is 18.9 Å². The highest BCUT2D eigenvalue weighted by molar-refractivity contribution is 6.00. The number of benzene rings is 2. The molecule has 1 aliphatic carbocycles. The number of H-pyrrole nitrogens is 1. The van der Waals surface area contributed by atoms with Crippen molar-refractivity contribution in [3.8, 4) is 0 Å². The van der Waals surface area contributed by atoms with E-state index < -0.39 is 11.7 Å². The van der Waals surface area contributed by atoms with Gasteiger partial charge in [0.2, 0.25) is 0 Å². The number of nitrogens with zero attached hydrogens (tertiary/aromatic N) is 1. The molecule has 2 N–H and O–H groups in total. The summed E-state index contributed by atoms with van der Waals surface area (Å²) >= 11 is 0. The first-order valence-electron chi connectivity index (χ1n) is 8.02. The van der Waals surface area contributed by atoms with Crippen LogP contribution in [0.1, 0.15) is 34.5 Å². The first-order chi connectivity index (χ1) is 12.1. The lowest BCUT2D eigenvalue weighted by molar-refractivity contribution is 0.0947. The maximum atomic E-state index is 14.2. The van der Waals surface area contributed by atoms with Crippen molar-refractivity contribution in [2.24, 2.45) is 0 Å². The highest BCUT2D eigenvalue weighted by atomic mass is 19.1. The summed E-state index contributed by atoms with van der Waals surface area (Å²) in [5.41, 5.74) is 1.74. The van der Waals surface area contributed by atoms with Gasteiger partial charge in [-0.15, -0.1) is 0 Å². The number of rotatable bonds is 4. The Morgan fingerprint density at radius 1 is 1.20 bits per heavy atom. The summed E-state index contributed by atoms with van der Waals surface area (Å²) in [6.45, 7) is 0. The van der Waals surface area contributed by atoms with E-state index in [-0.39, 0.29) is 17.4 Å². The van der Waals surface area contributed by atoms with Crippen molar-refractivity contribution in [3.05, 3.63) is 64.9 Å². The third-order valence-electron chi connectivity index (χ3n) is 4.12. The number of hydrogen-bond acceptors (Lipinski definition) is 2. The lowest BCUT2D eigenvalue weighted by atomic mass is 10.1. The van der Waals surface area contributed by atoms with Gasteiger partial charge in [-0.05, 0) is 42.7 Å². The zero-order valence-electron chi connectivity index (χ0n) is 13.2. The standard InChI is InChI=1S/C19H15F2N3O/c20-12-3-1-2-11(8-12)4-7-17-15-9-14(19(25)22-13-5-6-13)16(21)10-18(15)24-23-17/h1-4,7-10,13H,5-6H2,(H,22,25)(H,23,24). The zero-order valence-corrected chi connectivity index (χ0v) is 13.2. The number of carbonyl (C=O) groups excluding carboxylic acids is 1. The van der Waals surface area contributed by atoms with E-state index in [1.165, 1.54) is 24.3 Å². The minimum absolute atomic E-state index is 0.00112. The number of carbonyl (C=O) groups is 1. The summed E-state index contributed by atoms with van der Waals surface area (Å²) in [5.74, 6) is -1.33. The first-order valence-corrected chi connectivity index (χ1v) is 8.02. The van der Waals surface area contributed by atoms with Crippen LogP contribution in [0.5, 0.6) is 0 Å². The third-order valence-corrected chi connectivity index (χ3v) is 4.12. The smallest absolute Gasteiger partial charge is 0.254 e. The Labute approximate surface area is 142 Å². The molecule has 1 aliphatic rings. The summed E-state index contributed by atoms with van der Waals surface area (Å²) in [5, 5.41) is 10.3. The fourth-order valence-corrected chi connectivity index (χ4v) is 2.64. The Hall–Kier alpha value is -3.02. The van der Waals surface area contributed by atoms with E-state index in [0.717, 1.165) is 12.8 Å². The second-order valence-electron chi connectivity index (χ2n) is 6.12. The molecule has 0 aliphatic heterocycles. The van der Waals surface area contributed by atoms with Crippen LogP contribution < -0.4 is 5.32 Å². The van der Waals surface area contributed by atoms with Gasteiger partial charge in [-0.1, -0.05) is 18.2 Å². The van der Waals surface area contributed by atoms with Crippen molar-refractivity contribution in [3.63, 3.8) is 0 Å². The summed E-state index contributed by atoms with van der Waals surface area (Å²) in [6, 6.07) is 9.07. The van der Waals surface area contributed by atoms with Gasteiger partial charge in [-0.25, -0.2) is 8.78 Å². The topological polar surface area (TPSA) is 57.8 Å². The second kappa shape index (κ2) is 6.12. The lowest BCUT2D eigenvalue weighted by Gasteiger charge is -2.05. The van der Waals surface area contributed by atoms with Crippen LogP contribution in [0.15, 0.2) is 36.4 Å². The normalized spacial score (nSPS) is 14.3. The first kappa shape index (κ1) is 15.5. The van der Waals surface area contributed by atoms with Gasteiger partial charge in [-0.2, -0.15) is 5.10 Å². The molecule has 6 heteroatoms. The fraction of sp³-hybridized carbons (Fsp3) is 0.158. The number of aromatic amines is 1. The maximum Gasteiger partial charge on any atom is 0.254 e. The Balaban J connectivity index is 1.68. The van der Waals surface area contributed by atoms with Crippen LogP contribution in [-0.2, 0) is 0 Å². The molecular formula is C19H15F2N3O. The molecule has 0 bridgehead atoms. The van der Waals surface area contributed by atoms with Crippen LogP contribution in [0.3, 0.4) is 0 Å². The highest BCUT2D eigenvalue weighted by Gasteiger charge is 2.25. The Kier molecular flexibility index (Phi) is 3.80. The monoisotopic (exact) mass is 339 g/mol. The van der Waals surface area contributed by atoms with Gasteiger partial charge >= 0.3 is 0 Å². The van der Waals surface area contributed by atoms with Gasteiger partial charge < -0.3 is 5.32 Å². The largest absolute Gasteiger partial charge is 0.349 e. The number of amides is 1. The molecule has 1 heterocycles. The molecule has 1 saturated carbocycles. The molecule has 1 fully saturated rings. The van der Waals surface area contributed by atoms with E-state index in [1.54, 1.807) is 24.3 Å². The van der Waals surface area contributed by atoms with Crippen molar-refractivity contribution in [1.29, 1.82) is 0 Å². The average Bonchev–Trinajstić information content (AvgIpc) is 3.31. The van der Waals surface area contributed by atoms with E-state index >= 15 is 0 Å². The lowest BCUT2D eigenvalue weighted by Crippen LogP contribution is -2.26. The molecule has 1 aromatic heterocycles. The van der Waals surface area contributed by atoms with Crippen molar-refractivity contribution in [1.82, 2.24) is 15.5 Å². The van der Waals surface area contributed by atoms with Gasteiger partial charge in [0.15, 0.2) is 0 Å². The predicted molar refractivity (Wildman–Crippen MR) is 91.9 cm³/mol. The highest BCUT2D eigenvalue weighted by Crippen LogP contribution is 2.24. The Morgan fingerprint density at radius 2 is 2.04 bits per heavy atom. The fourth-order valence-electron chi connectivity index (χ4n) is 2.64. The quantitative estimate of drug-likeness (QED) is 0.757. The molecule has 0 saturated heterocycles. The molecule has 0 unspecified atom stereocenters. The molecule has 4 rings (SSSR count). The molecule has 2 aromatic carbocycles. The number of fused-ring (bicyclic) bond motifs is 1. The van der Waals surface area contributed by atoms with Gasteiger partial charge in [-0.3, -0.25) is 9.89 Å². The zero-order chi connectivity index (χ0) is 17.4. The second-order valence-corrected chi connectivity index (χ2v) is 6.12. The van der Waals surface area contributed by atoms with Crippen LogP contribution in [0.4, 0.5) is 8.78 Å². The van der Waals surface area contributed by atoms with Crippen LogP contribution in [-0.4, -0.2) is 22.1 Å². The van der Waals surface area contributed by atoms with Gasteiger partial charge in [0.05, 0.1) is 16.8 Å². The maximum absolute atomic E-state index is 14.2. The Bertz CT molecular complexity index is 989. The van der Waals surface area contributed by atoms with Crippen LogP contribution in [0.25, 0.3) is 23.1 Å². The summed E-state index contributed by atoms with van der Waals surface area (Å²) < 4.78 is 27.4. The van der Waals surface area contributed by atoms with Crippen molar-refractivity contribution >= 4 is 29.0 Å². The number of aromatic nitrogens is 2. The third kappa shape index (κ3) is 3.28. The number of nitrogens with one attached hydrogen (secondary N) is 2. The summed E-state index contributed by atoms with van der Waals surface area (Å²) in [4.78, 5) is 12.2. The summed E-state index contributed by atoms with van der Waals surface area (Å²) in [7, 11) is 0. The SMILES string of the molecule is O=C(NC1CC1)c1cc2c(C=Cc3cccc(F)c3)n[nH]c2cc1F. The van der Waals surface area contributed by atoms with Gasteiger partial charge in [0, 0.05) is 17.5 Å². The molecule has 0 spiro atoms. The van der Waals surface area contributed by atoms with E-state index in [1.807, 2.05) is 0 Å². The molecule has 3 aromatic rings. The van der Waals surface area contributed by atoms with Crippen LogP contribution in [0.2, 0.25) is 0 Å². The minimum Gasteiger partial charge on any atom is -0.349 e. The Morgan fingerprint density at radius 3 is 2.80 bits per heavy atom. The average molecular weight is 339 g/mol. The van der Waals surface area contributed by atoms with Crippen molar-refractivity contribution < 1.29 is 13.6 Å².